The number of hydrogen-bond donors (Lipinski definition) is 0. The Hall–Kier alpha value is -1.91. The molecule has 1 fully saturated rings. The van der Waals surface area contributed by atoms with E-state index in [1.165, 1.54) is 27.6 Å². The number of nitrogens with zero attached hydrogens (tertiary/aromatic N) is 6. The molecule has 3 heterocycles. The minimum Gasteiger partial charge on any atom is -0.338 e. The van der Waals surface area contributed by atoms with E-state index >= 15 is 0 Å². The second kappa shape index (κ2) is 7.01. The third-order valence-corrected chi connectivity index (χ3v) is 6.80. The first kappa shape index (κ1) is 18.9. The van der Waals surface area contributed by atoms with E-state index in [1.807, 2.05) is 0 Å². The summed E-state index contributed by atoms with van der Waals surface area (Å²) in [5.74, 6) is -0.105. The van der Waals surface area contributed by atoms with Gasteiger partial charge in [-0.05, 0) is 13.8 Å². The standard InChI is InChI=1S/C15H21ClN6O3S/c1-11-14(16)9-18-22(11)12(2)15(23)20-4-6-21(7-5-20)26(24,25)13-8-17-19(3)10-13/h8-10,12H,4-7H2,1-3H3. The van der Waals surface area contributed by atoms with Gasteiger partial charge in [-0.3, -0.25) is 14.2 Å². The fourth-order valence-electron chi connectivity index (χ4n) is 2.99. The molecule has 0 bridgehead atoms. The van der Waals surface area contributed by atoms with Crippen molar-refractivity contribution in [3.63, 3.8) is 0 Å². The van der Waals surface area contributed by atoms with E-state index in [9.17, 15) is 13.2 Å². The van der Waals surface area contributed by atoms with E-state index in [0.717, 1.165) is 5.69 Å². The Morgan fingerprint density at radius 3 is 2.35 bits per heavy atom. The Labute approximate surface area is 157 Å². The molecule has 1 aliphatic heterocycles. The van der Waals surface area contributed by atoms with Gasteiger partial charge in [-0.15, -0.1) is 0 Å². The van der Waals surface area contributed by atoms with Crippen molar-refractivity contribution in [1.82, 2.24) is 28.8 Å². The second-order valence-corrected chi connectivity index (χ2v) is 8.62. The smallest absolute Gasteiger partial charge is 0.247 e. The SMILES string of the molecule is Cc1c(Cl)cnn1C(C)C(=O)N1CCN(S(=O)(=O)c2cnn(C)c2)CC1. The molecule has 1 aliphatic rings. The van der Waals surface area contributed by atoms with Crippen molar-refractivity contribution < 1.29 is 13.2 Å². The van der Waals surface area contributed by atoms with Crippen LogP contribution >= 0.6 is 11.6 Å². The average molecular weight is 401 g/mol. The highest BCUT2D eigenvalue weighted by Crippen LogP contribution is 2.21. The number of carbonyl (C=O) groups excluding carboxylic acids is 1. The van der Waals surface area contributed by atoms with Crippen LogP contribution in [-0.4, -0.2) is 69.3 Å². The summed E-state index contributed by atoms with van der Waals surface area (Å²) in [5.41, 5.74) is 0.727. The molecule has 1 amide bonds. The second-order valence-electron chi connectivity index (χ2n) is 6.28. The lowest BCUT2D eigenvalue weighted by Gasteiger charge is -2.35. The molecule has 0 saturated carbocycles. The van der Waals surface area contributed by atoms with Crippen LogP contribution in [0.1, 0.15) is 18.7 Å². The number of amides is 1. The fourth-order valence-corrected chi connectivity index (χ4v) is 4.53. The van der Waals surface area contributed by atoms with Gasteiger partial charge in [0.15, 0.2) is 0 Å². The van der Waals surface area contributed by atoms with Gasteiger partial charge in [0.25, 0.3) is 0 Å². The van der Waals surface area contributed by atoms with E-state index in [2.05, 4.69) is 10.2 Å². The monoisotopic (exact) mass is 400 g/mol. The molecule has 2 aromatic rings. The maximum atomic E-state index is 12.7. The van der Waals surface area contributed by atoms with Gasteiger partial charge in [-0.1, -0.05) is 11.6 Å². The van der Waals surface area contributed by atoms with Gasteiger partial charge in [0.05, 0.1) is 23.1 Å². The van der Waals surface area contributed by atoms with Crippen molar-refractivity contribution in [2.45, 2.75) is 24.8 Å². The van der Waals surface area contributed by atoms with Crippen LogP contribution in [0.25, 0.3) is 0 Å². The third-order valence-electron chi connectivity index (χ3n) is 4.58. The molecule has 0 N–H and O–H groups in total. The molecule has 0 spiro atoms. The van der Waals surface area contributed by atoms with E-state index in [1.54, 1.807) is 30.5 Å². The molecule has 26 heavy (non-hydrogen) atoms. The number of rotatable bonds is 4. The number of hydrogen-bond acceptors (Lipinski definition) is 5. The lowest BCUT2D eigenvalue weighted by atomic mass is 10.2. The highest BCUT2D eigenvalue weighted by molar-refractivity contribution is 7.89. The zero-order valence-corrected chi connectivity index (χ0v) is 16.4. The zero-order valence-electron chi connectivity index (χ0n) is 14.8. The van der Waals surface area contributed by atoms with Crippen LogP contribution < -0.4 is 0 Å². The summed E-state index contributed by atoms with van der Waals surface area (Å²) in [4.78, 5) is 14.6. The number of aromatic nitrogens is 4. The van der Waals surface area contributed by atoms with Crippen LogP contribution in [0.3, 0.4) is 0 Å². The minimum absolute atomic E-state index is 0.105. The number of carbonyl (C=O) groups is 1. The van der Waals surface area contributed by atoms with Crippen molar-refractivity contribution in [1.29, 1.82) is 0 Å². The van der Waals surface area contributed by atoms with Gasteiger partial charge in [-0.25, -0.2) is 8.42 Å². The molecule has 1 atom stereocenters. The topological polar surface area (TPSA) is 93.3 Å². The maximum absolute atomic E-state index is 12.7. The number of piperazine rings is 1. The predicted octanol–water partition coefficient (Wildman–Crippen LogP) is 0.673. The maximum Gasteiger partial charge on any atom is 0.247 e. The summed E-state index contributed by atoms with van der Waals surface area (Å²) in [6.45, 7) is 4.71. The molecule has 3 rings (SSSR count). The molecule has 2 aromatic heterocycles. The van der Waals surface area contributed by atoms with Crippen LogP contribution in [-0.2, 0) is 21.9 Å². The van der Waals surface area contributed by atoms with Crippen LogP contribution in [0.15, 0.2) is 23.5 Å². The molecular weight excluding hydrogens is 380 g/mol. The molecule has 9 nitrogen and oxygen atoms in total. The molecular formula is C15H21ClN6O3S. The minimum atomic E-state index is -3.59. The number of halogens is 1. The summed E-state index contributed by atoms with van der Waals surface area (Å²) in [6, 6.07) is -0.496. The quantitative estimate of drug-likeness (QED) is 0.752. The van der Waals surface area contributed by atoms with Gasteiger partial charge in [0.1, 0.15) is 10.9 Å². The van der Waals surface area contributed by atoms with Crippen molar-refractivity contribution >= 4 is 27.5 Å². The highest BCUT2D eigenvalue weighted by Gasteiger charge is 2.33. The van der Waals surface area contributed by atoms with Gasteiger partial charge in [0.2, 0.25) is 15.9 Å². The Kier molecular flexibility index (Phi) is 5.09. The fraction of sp³-hybridized carbons (Fsp3) is 0.533. The summed E-state index contributed by atoms with van der Waals surface area (Å²) in [5, 5.41) is 8.57. The first-order valence-electron chi connectivity index (χ1n) is 8.19. The van der Waals surface area contributed by atoms with Crippen LogP contribution in [0.2, 0.25) is 5.02 Å². The molecule has 0 aromatic carbocycles. The third kappa shape index (κ3) is 3.36. The van der Waals surface area contributed by atoms with Crippen LogP contribution in [0.4, 0.5) is 0 Å². The molecule has 1 saturated heterocycles. The van der Waals surface area contributed by atoms with Gasteiger partial charge in [-0.2, -0.15) is 14.5 Å². The Balaban J connectivity index is 1.66. The highest BCUT2D eigenvalue weighted by atomic mass is 35.5. The number of sulfonamides is 1. The first-order valence-corrected chi connectivity index (χ1v) is 10.0. The molecule has 0 aliphatic carbocycles. The Morgan fingerprint density at radius 1 is 1.19 bits per heavy atom. The van der Waals surface area contributed by atoms with Crippen LogP contribution in [0.5, 0.6) is 0 Å². The molecule has 142 valence electrons. The van der Waals surface area contributed by atoms with E-state index in [-0.39, 0.29) is 23.9 Å². The first-order chi connectivity index (χ1) is 12.2. The van der Waals surface area contributed by atoms with Gasteiger partial charge >= 0.3 is 0 Å². The summed E-state index contributed by atoms with van der Waals surface area (Å²) in [7, 11) is -1.92. The largest absolute Gasteiger partial charge is 0.338 e. The van der Waals surface area contributed by atoms with Crippen molar-refractivity contribution in [3.8, 4) is 0 Å². The average Bonchev–Trinajstić information content (AvgIpc) is 3.21. The Bertz CT molecular complexity index is 914. The molecule has 0 radical (unpaired) electrons. The molecule has 1 unspecified atom stereocenters. The Morgan fingerprint density at radius 2 is 1.85 bits per heavy atom. The summed E-state index contributed by atoms with van der Waals surface area (Å²) in [6.07, 6.45) is 4.32. The van der Waals surface area contributed by atoms with Crippen molar-refractivity contribution in [2.24, 2.45) is 7.05 Å². The van der Waals surface area contributed by atoms with Crippen LogP contribution in [0, 0.1) is 6.92 Å². The normalized spacial score (nSPS) is 17.5. The van der Waals surface area contributed by atoms with Gasteiger partial charge in [0, 0.05) is 39.4 Å². The summed E-state index contributed by atoms with van der Waals surface area (Å²) >= 11 is 6.00. The number of aryl methyl sites for hydroxylation is 1. The van der Waals surface area contributed by atoms with Gasteiger partial charge < -0.3 is 4.90 Å². The van der Waals surface area contributed by atoms with E-state index in [4.69, 9.17) is 11.6 Å². The van der Waals surface area contributed by atoms with Crippen molar-refractivity contribution in [3.05, 3.63) is 29.3 Å². The van der Waals surface area contributed by atoms with Crippen molar-refractivity contribution in [2.75, 3.05) is 26.2 Å². The van der Waals surface area contributed by atoms with E-state index in [0.29, 0.717) is 18.1 Å². The molecule has 11 heteroatoms. The lowest BCUT2D eigenvalue weighted by molar-refractivity contribution is -0.135. The summed E-state index contributed by atoms with van der Waals surface area (Å²) < 4.78 is 29.7. The lowest BCUT2D eigenvalue weighted by Crippen LogP contribution is -2.51. The predicted molar refractivity (Wildman–Crippen MR) is 95.2 cm³/mol. The van der Waals surface area contributed by atoms with E-state index < -0.39 is 16.1 Å². The zero-order chi connectivity index (χ0) is 19.1.